The van der Waals surface area contributed by atoms with Gasteiger partial charge >= 0.3 is 11.8 Å². The molecule has 1 heterocycles. The minimum absolute atomic E-state index is 0.0350. The molecule has 1 fully saturated rings. The van der Waals surface area contributed by atoms with E-state index in [2.05, 4.69) is 22.9 Å². The van der Waals surface area contributed by atoms with Gasteiger partial charge < -0.3 is 21.1 Å². The Morgan fingerprint density at radius 1 is 1.35 bits per heavy atom. The molecule has 1 atom stereocenters. The molecule has 0 aromatic heterocycles. The summed E-state index contributed by atoms with van der Waals surface area (Å²) in [7, 11) is 0. The monoisotopic (exact) mass is 259 g/mol. The first-order valence-corrected chi connectivity index (χ1v) is 5.96. The van der Waals surface area contributed by atoms with Crippen LogP contribution in [0.3, 0.4) is 0 Å². The fraction of sp³-hybridized carbons (Fsp3) is 0.700. The lowest BCUT2D eigenvalue weighted by Crippen LogP contribution is -2.43. The molecule has 7 heteroatoms. The van der Waals surface area contributed by atoms with Crippen molar-refractivity contribution in [2.75, 3.05) is 19.7 Å². The second kappa shape index (κ2) is 7.18. The molecule has 0 bridgehead atoms. The predicted molar refractivity (Wildman–Crippen MR) is 66.4 cm³/mol. The van der Waals surface area contributed by atoms with Crippen LogP contribution in [0.4, 0.5) is 0 Å². The Kier molecular flexibility index (Phi) is 5.85. The zero-order valence-electron chi connectivity index (χ0n) is 9.53. The van der Waals surface area contributed by atoms with Crippen LogP contribution in [0.5, 0.6) is 0 Å². The van der Waals surface area contributed by atoms with Crippen LogP contribution in [0, 0.1) is 0 Å². The molecule has 1 saturated heterocycles. The molecule has 1 rings (SSSR count). The maximum Gasteiger partial charge on any atom is 0.309 e. The number of nitrogens with two attached hydrogens (primary N) is 1. The van der Waals surface area contributed by atoms with Gasteiger partial charge in [-0.3, -0.25) is 9.59 Å². The maximum atomic E-state index is 11.3. The molecule has 2 amide bonds. The number of rotatable bonds is 5. The fourth-order valence-electron chi connectivity index (χ4n) is 1.55. The number of amides is 2. The third kappa shape index (κ3) is 5.60. The van der Waals surface area contributed by atoms with Gasteiger partial charge in [0.05, 0.1) is 17.6 Å². The predicted octanol–water partition coefficient (Wildman–Crippen LogP) is -0.926. The third-order valence-corrected chi connectivity index (χ3v) is 2.55. The Morgan fingerprint density at radius 3 is 2.65 bits per heavy atom. The second-order valence-corrected chi connectivity index (χ2v) is 4.35. The second-order valence-electron chi connectivity index (χ2n) is 3.83. The summed E-state index contributed by atoms with van der Waals surface area (Å²) in [4.78, 5) is 22.6. The van der Waals surface area contributed by atoms with Crippen LogP contribution < -0.4 is 16.4 Å². The van der Waals surface area contributed by atoms with Crippen LogP contribution in [0.1, 0.15) is 19.3 Å². The number of hydrogen-bond acceptors (Lipinski definition) is 4. The summed E-state index contributed by atoms with van der Waals surface area (Å²) in [5, 5.41) is 4.83. The van der Waals surface area contributed by atoms with Crippen LogP contribution in [0.25, 0.3) is 0 Å². The summed E-state index contributed by atoms with van der Waals surface area (Å²) >= 11 is 4.58. The number of hydrogen-bond donors (Lipinski definition) is 3. The Morgan fingerprint density at radius 2 is 2.06 bits per heavy atom. The summed E-state index contributed by atoms with van der Waals surface area (Å²) in [6, 6.07) is 0. The smallest absolute Gasteiger partial charge is 0.309 e. The highest BCUT2D eigenvalue weighted by atomic mass is 32.1. The van der Waals surface area contributed by atoms with E-state index in [0.29, 0.717) is 6.54 Å². The molecule has 6 nitrogen and oxygen atoms in total. The highest BCUT2D eigenvalue weighted by molar-refractivity contribution is 7.80. The van der Waals surface area contributed by atoms with Gasteiger partial charge in [-0.05, 0) is 19.3 Å². The third-order valence-electron chi connectivity index (χ3n) is 2.41. The normalized spacial score (nSPS) is 18.7. The number of nitrogens with one attached hydrogen (secondary N) is 2. The number of carbonyl (C=O) groups excluding carboxylic acids is 2. The standard InChI is InChI=1S/C10H17N3O3S/c11-8(17)6-13-10(15)9(14)12-4-3-7-2-1-5-16-7/h7H,1-6H2,(H2,11,17)(H,12,14)(H,13,15). The van der Waals surface area contributed by atoms with E-state index in [-0.39, 0.29) is 17.6 Å². The van der Waals surface area contributed by atoms with Gasteiger partial charge in [0.2, 0.25) is 0 Å². The zero-order chi connectivity index (χ0) is 12.7. The number of ether oxygens (including phenoxy) is 1. The Bertz CT molecular complexity index is 303. The summed E-state index contributed by atoms with van der Waals surface area (Å²) in [5.41, 5.74) is 5.19. The van der Waals surface area contributed by atoms with Gasteiger partial charge in [-0.1, -0.05) is 12.2 Å². The van der Waals surface area contributed by atoms with Gasteiger partial charge in [0.15, 0.2) is 0 Å². The zero-order valence-corrected chi connectivity index (χ0v) is 10.3. The Labute approximate surface area is 105 Å². The molecule has 0 aromatic rings. The molecule has 0 radical (unpaired) electrons. The van der Waals surface area contributed by atoms with Crippen molar-refractivity contribution >= 4 is 29.0 Å². The van der Waals surface area contributed by atoms with Gasteiger partial charge in [0.25, 0.3) is 0 Å². The van der Waals surface area contributed by atoms with E-state index in [0.717, 1.165) is 25.9 Å². The van der Waals surface area contributed by atoms with Crippen molar-refractivity contribution in [1.29, 1.82) is 0 Å². The summed E-state index contributed by atoms with van der Waals surface area (Å²) in [6.45, 7) is 1.25. The van der Waals surface area contributed by atoms with Gasteiger partial charge in [-0.25, -0.2) is 0 Å². The van der Waals surface area contributed by atoms with Crippen LogP contribution in [0.2, 0.25) is 0 Å². The highest BCUT2D eigenvalue weighted by Crippen LogP contribution is 2.14. The van der Waals surface area contributed by atoms with Gasteiger partial charge in [0.1, 0.15) is 0 Å². The van der Waals surface area contributed by atoms with Crippen molar-refractivity contribution < 1.29 is 14.3 Å². The van der Waals surface area contributed by atoms with Crippen LogP contribution in [-0.2, 0) is 14.3 Å². The molecule has 96 valence electrons. The van der Waals surface area contributed by atoms with Gasteiger partial charge in [-0.2, -0.15) is 0 Å². The van der Waals surface area contributed by atoms with Crippen LogP contribution in [-0.4, -0.2) is 42.6 Å². The van der Waals surface area contributed by atoms with E-state index in [9.17, 15) is 9.59 Å². The van der Waals surface area contributed by atoms with E-state index in [4.69, 9.17) is 10.5 Å². The molecular weight excluding hydrogens is 242 g/mol. The van der Waals surface area contributed by atoms with Gasteiger partial charge in [-0.15, -0.1) is 0 Å². The van der Waals surface area contributed by atoms with Crippen molar-refractivity contribution in [3.63, 3.8) is 0 Å². The van der Waals surface area contributed by atoms with Crippen molar-refractivity contribution in [2.24, 2.45) is 5.73 Å². The summed E-state index contributed by atoms with van der Waals surface area (Å²) in [5.74, 6) is -1.38. The molecule has 0 saturated carbocycles. The average Bonchev–Trinajstić information content (AvgIpc) is 2.78. The topological polar surface area (TPSA) is 93.5 Å². The molecule has 1 unspecified atom stereocenters. The quantitative estimate of drug-likeness (QED) is 0.438. The van der Waals surface area contributed by atoms with Crippen LogP contribution >= 0.6 is 12.2 Å². The largest absolute Gasteiger partial charge is 0.392 e. The van der Waals surface area contributed by atoms with E-state index in [1.807, 2.05) is 0 Å². The van der Waals surface area contributed by atoms with Crippen molar-refractivity contribution in [3.8, 4) is 0 Å². The van der Waals surface area contributed by atoms with Crippen molar-refractivity contribution in [3.05, 3.63) is 0 Å². The lowest BCUT2D eigenvalue weighted by atomic mass is 10.2. The van der Waals surface area contributed by atoms with E-state index < -0.39 is 11.8 Å². The molecule has 1 aliphatic rings. The first-order valence-electron chi connectivity index (χ1n) is 5.55. The molecule has 0 aromatic carbocycles. The van der Waals surface area contributed by atoms with E-state index >= 15 is 0 Å². The molecule has 0 spiro atoms. The van der Waals surface area contributed by atoms with Crippen molar-refractivity contribution in [1.82, 2.24) is 10.6 Å². The number of carbonyl (C=O) groups is 2. The minimum atomic E-state index is -0.717. The molecule has 0 aliphatic carbocycles. The SMILES string of the molecule is NC(=S)CNC(=O)C(=O)NCCC1CCCO1. The molecule has 4 N–H and O–H groups in total. The van der Waals surface area contributed by atoms with Crippen molar-refractivity contribution in [2.45, 2.75) is 25.4 Å². The first kappa shape index (κ1) is 13.9. The summed E-state index contributed by atoms with van der Waals surface area (Å²) in [6.07, 6.45) is 3.01. The average molecular weight is 259 g/mol. The fourth-order valence-corrected chi connectivity index (χ4v) is 1.62. The lowest BCUT2D eigenvalue weighted by Gasteiger charge is -2.09. The first-order chi connectivity index (χ1) is 8.09. The van der Waals surface area contributed by atoms with Crippen LogP contribution in [0.15, 0.2) is 0 Å². The molecule has 17 heavy (non-hydrogen) atoms. The molecule has 1 aliphatic heterocycles. The Balaban J connectivity index is 2.10. The highest BCUT2D eigenvalue weighted by Gasteiger charge is 2.17. The van der Waals surface area contributed by atoms with Gasteiger partial charge in [0, 0.05) is 13.2 Å². The molecular formula is C10H17N3O3S. The summed E-state index contributed by atoms with van der Waals surface area (Å²) < 4.78 is 5.39. The number of thiocarbonyl (C=S) groups is 1. The van der Waals surface area contributed by atoms with E-state index in [1.165, 1.54) is 0 Å². The minimum Gasteiger partial charge on any atom is -0.392 e. The lowest BCUT2D eigenvalue weighted by molar-refractivity contribution is -0.139. The van der Waals surface area contributed by atoms with E-state index in [1.54, 1.807) is 0 Å². The Hall–Kier alpha value is -1.21. The maximum absolute atomic E-state index is 11.3.